The molecular weight excluding hydrogens is 356 g/mol. The number of nitrogens with one attached hydrogen (secondary N) is 1. The molecule has 0 aliphatic carbocycles. The number of halogens is 1. The summed E-state index contributed by atoms with van der Waals surface area (Å²) in [4.78, 5) is 26.7. The molecule has 1 aliphatic rings. The van der Waals surface area contributed by atoms with Crippen LogP contribution in [0.2, 0.25) is 0 Å². The van der Waals surface area contributed by atoms with Crippen LogP contribution in [0.4, 0.5) is 5.69 Å². The lowest BCUT2D eigenvalue weighted by molar-refractivity contribution is 0.0793. The number of rotatable bonds is 3. The lowest BCUT2D eigenvalue weighted by atomic mass is 10.1. The predicted molar refractivity (Wildman–Crippen MR) is 93.7 cm³/mol. The maximum absolute atomic E-state index is 12.4. The molecule has 2 amide bonds. The smallest absolute Gasteiger partial charge is 0.255 e. The number of carbonyl (C=O) groups is 2. The molecule has 2 aromatic rings. The van der Waals surface area contributed by atoms with Crippen LogP contribution in [-0.4, -0.2) is 29.8 Å². The number of anilines is 1. The van der Waals surface area contributed by atoms with E-state index in [9.17, 15) is 9.59 Å². The first-order valence-corrected chi connectivity index (χ1v) is 8.40. The van der Waals surface area contributed by atoms with Crippen LogP contribution >= 0.6 is 15.9 Å². The quantitative estimate of drug-likeness (QED) is 0.886. The van der Waals surface area contributed by atoms with Crippen molar-refractivity contribution in [2.45, 2.75) is 12.8 Å². The first-order chi connectivity index (χ1) is 11.1. The molecule has 1 heterocycles. The van der Waals surface area contributed by atoms with Gasteiger partial charge in [-0.15, -0.1) is 0 Å². The van der Waals surface area contributed by atoms with Gasteiger partial charge in [0.25, 0.3) is 11.8 Å². The maximum atomic E-state index is 12.4. The minimum Gasteiger partial charge on any atom is -0.339 e. The van der Waals surface area contributed by atoms with Crippen LogP contribution < -0.4 is 5.32 Å². The highest BCUT2D eigenvalue weighted by atomic mass is 79.9. The fourth-order valence-electron chi connectivity index (χ4n) is 2.65. The van der Waals surface area contributed by atoms with Gasteiger partial charge >= 0.3 is 0 Å². The summed E-state index contributed by atoms with van der Waals surface area (Å²) in [7, 11) is 0. The minimum absolute atomic E-state index is 0.00181. The minimum atomic E-state index is -0.229. The van der Waals surface area contributed by atoms with Crippen LogP contribution in [0.5, 0.6) is 0 Å². The number of hydrogen-bond donors (Lipinski definition) is 1. The van der Waals surface area contributed by atoms with Crippen molar-refractivity contribution < 1.29 is 9.59 Å². The lowest BCUT2D eigenvalue weighted by Gasteiger charge is -2.15. The molecule has 23 heavy (non-hydrogen) atoms. The van der Waals surface area contributed by atoms with Gasteiger partial charge in [0.1, 0.15) is 0 Å². The van der Waals surface area contributed by atoms with Crippen LogP contribution in [-0.2, 0) is 0 Å². The summed E-state index contributed by atoms with van der Waals surface area (Å²) < 4.78 is 0.817. The van der Waals surface area contributed by atoms with Gasteiger partial charge in [-0.1, -0.05) is 18.2 Å². The molecule has 0 spiro atoms. The fourth-order valence-corrected chi connectivity index (χ4v) is 3.04. The molecule has 0 aromatic heterocycles. The number of likely N-dealkylation sites (tertiary alicyclic amines) is 1. The van der Waals surface area contributed by atoms with Gasteiger partial charge in [-0.2, -0.15) is 0 Å². The van der Waals surface area contributed by atoms with E-state index >= 15 is 0 Å². The lowest BCUT2D eigenvalue weighted by Crippen LogP contribution is -2.27. The molecular formula is C18H17BrN2O2. The van der Waals surface area contributed by atoms with E-state index in [1.807, 2.05) is 29.2 Å². The molecule has 1 N–H and O–H groups in total. The van der Waals surface area contributed by atoms with Crippen LogP contribution in [0.3, 0.4) is 0 Å². The van der Waals surface area contributed by atoms with E-state index in [0.717, 1.165) is 30.4 Å². The first-order valence-electron chi connectivity index (χ1n) is 7.60. The summed E-state index contributed by atoms with van der Waals surface area (Å²) in [6.45, 7) is 1.60. The highest BCUT2D eigenvalue weighted by Gasteiger charge is 2.20. The summed E-state index contributed by atoms with van der Waals surface area (Å²) in [6, 6.07) is 14.3. The summed E-state index contributed by atoms with van der Waals surface area (Å²) in [6.07, 6.45) is 2.10. The number of nitrogens with zero attached hydrogens (tertiary/aromatic N) is 1. The third-order valence-corrected chi connectivity index (χ3v) is 4.58. The number of amides is 2. The van der Waals surface area contributed by atoms with Crippen molar-refractivity contribution in [2.75, 3.05) is 18.4 Å². The molecule has 0 atom stereocenters. The molecule has 1 saturated heterocycles. The Morgan fingerprint density at radius 1 is 0.957 bits per heavy atom. The molecule has 0 radical (unpaired) electrons. The topological polar surface area (TPSA) is 49.4 Å². The average Bonchev–Trinajstić information content (AvgIpc) is 3.11. The van der Waals surface area contributed by atoms with Gasteiger partial charge < -0.3 is 10.2 Å². The van der Waals surface area contributed by atoms with E-state index in [-0.39, 0.29) is 11.8 Å². The molecule has 1 aliphatic heterocycles. The monoisotopic (exact) mass is 372 g/mol. The second-order valence-corrected chi connectivity index (χ2v) is 6.37. The van der Waals surface area contributed by atoms with Crippen molar-refractivity contribution >= 4 is 33.4 Å². The van der Waals surface area contributed by atoms with Crippen molar-refractivity contribution in [3.05, 3.63) is 64.1 Å². The van der Waals surface area contributed by atoms with Crippen LogP contribution in [0.1, 0.15) is 33.6 Å². The van der Waals surface area contributed by atoms with Gasteiger partial charge in [-0.3, -0.25) is 9.59 Å². The van der Waals surface area contributed by atoms with Crippen LogP contribution in [0.25, 0.3) is 0 Å². The van der Waals surface area contributed by atoms with Crippen molar-refractivity contribution in [3.8, 4) is 0 Å². The summed E-state index contributed by atoms with van der Waals surface area (Å²) in [5.41, 5.74) is 1.74. The van der Waals surface area contributed by atoms with E-state index in [1.165, 1.54) is 0 Å². The first kappa shape index (κ1) is 15.7. The van der Waals surface area contributed by atoms with Gasteiger partial charge in [0.05, 0.1) is 5.69 Å². The Hall–Kier alpha value is -2.14. The van der Waals surface area contributed by atoms with E-state index in [4.69, 9.17) is 0 Å². The number of hydrogen-bond acceptors (Lipinski definition) is 2. The molecule has 1 fully saturated rings. The Morgan fingerprint density at radius 3 is 2.39 bits per heavy atom. The van der Waals surface area contributed by atoms with Crippen LogP contribution in [0, 0.1) is 0 Å². The fraction of sp³-hybridized carbons (Fsp3) is 0.222. The van der Waals surface area contributed by atoms with Crippen molar-refractivity contribution in [2.24, 2.45) is 0 Å². The van der Waals surface area contributed by atoms with Crippen molar-refractivity contribution in [3.63, 3.8) is 0 Å². The van der Waals surface area contributed by atoms with Crippen LogP contribution in [0.15, 0.2) is 53.0 Å². The Morgan fingerprint density at radius 2 is 1.65 bits per heavy atom. The zero-order valence-electron chi connectivity index (χ0n) is 12.6. The normalized spacial score (nSPS) is 13.9. The summed E-state index contributed by atoms with van der Waals surface area (Å²) in [5, 5.41) is 2.85. The zero-order chi connectivity index (χ0) is 16.2. The van der Waals surface area contributed by atoms with E-state index in [2.05, 4.69) is 21.2 Å². The van der Waals surface area contributed by atoms with Gasteiger partial charge in [0, 0.05) is 28.7 Å². The largest absolute Gasteiger partial charge is 0.339 e. The SMILES string of the molecule is O=C(Nc1ccccc1Br)c1cccc(C(=O)N2CCCC2)c1. The molecule has 4 nitrogen and oxygen atoms in total. The summed E-state index contributed by atoms with van der Waals surface area (Å²) in [5.74, 6) is -0.231. The van der Waals surface area contributed by atoms with Gasteiger partial charge in [-0.25, -0.2) is 0 Å². The third kappa shape index (κ3) is 3.62. The second-order valence-electron chi connectivity index (χ2n) is 5.51. The Labute approximate surface area is 143 Å². The van der Waals surface area contributed by atoms with Gasteiger partial charge in [-0.05, 0) is 59.1 Å². The summed E-state index contributed by atoms with van der Waals surface area (Å²) >= 11 is 3.40. The molecule has 5 heteroatoms. The maximum Gasteiger partial charge on any atom is 0.255 e. The average molecular weight is 373 g/mol. The number of carbonyl (C=O) groups excluding carboxylic acids is 2. The van der Waals surface area contributed by atoms with E-state index in [1.54, 1.807) is 24.3 Å². The molecule has 3 rings (SSSR count). The van der Waals surface area contributed by atoms with E-state index < -0.39 is 0 Å². The Bertz CT molecular complexity index is 739. The van der Waals surface area contributed by atoms with Crippen molar-refractivity contribution in [1.29, 1.82) is 0 Å². The molecule has 0 saturated carbocycles. The number of benzene rings is 2. The molecule has 0 unspecified atom stereocenters. The van der Waals surface area contributed by atoms with Gasteiger partial charge in [0.2, 0.25) is 0 Å². The number of para-hydroxylation sites is 1. The Kier molecular flexibility index (Phi) is 4.76. The van der Waals surface area contributed by atoms with Gasteiger partial charge in [0.15, 0.2) is 0 Å². The second kappa shape index (κ2) is 6.96. The predicted octanol–water partition coefficient (Wildman–Crippen LogP) is 3.94. The third-order valence-electron chi connectivity index (χ3n) is 3.89. The molecule has 2 aromatic carbocycles. The molecule has 0 bridgehead atoms. The standard InChI is InChI=1S/C18H17BrN2O2/c19-15-8-1-2-9-16(15)20-17(22)13-6-5-7-14(12-13)18(23)21-10-3-4-11-21/h1-2,5-9,12H,3-4,10-11H2,(H,20,22). The highest BCUT2D eigenvalue weighted by molar-refractivity contribution is 9.10. The Balaban J connectivity index is 1.77. The highest BCUT2D eigenvalue weighted by Crippen LogP contribution is 2.22. The van der Waals surface area contributed by atoms with E-state index in [0.29, 0.717) is 16.8 Å². The van der Waals surface area contributed by atoms with Crippen molar-refractivity contribution in [1.82, 2.24) is 4.90 Å². The molecule has 118 valence electrons. The zero-order valence-corrected chi connectivity index (χ0v) is 14.2.